The van der Waals surface area contributed by atoms with Crippen LogP contribution in [-0.4, -0.2) is 30.8 Å². The van der Waals surface area contributed by atoms with Gasteiger partial charge in [0.15, 0.2) is 0 Å². The lowest BCUT2D eigenvalue weighted by Crippen LogP contribution is -2.23. The molecule has 112 valence electrons. The molecule has 0 radical (unpaired) electrons. The number of aliphatic hydroxyl groups is 1. The normalized spacial score (nSPS) is 12.2. The smallest absolute Gasteiger partial charge is 0.305 e. The van der Waals surface area contributed by atoms with Gasteiger partial charge in [-0.15, -0.1) is 0 Å². The molecule has 4 nitrogen and oxygen atoms in total. The number of aliphatic hydroxyl groups excluding tert-OH is 1. The van der Waals surface area contributed by atoms with Crippen molar-refractivity contribution < 1.29 is 23.4 Å². The van der Waals surface area contributed by atoms with E-state index in [4.69, 9.17) is 4.74 Å². The summed E-state index contributed by atoms with van der Waals surface area (Å²) in [4.78, 5) is 11.1. The molecule has 1 unspecified atom stereocenters. The predicted molar refractivity (Wildman–Crippen MR) is 70.1 cm³/mol. The molecule has 1 aromatic rings. The van der Waals surface area contributed by atoms with Crippen LogP contribution in [-0.2, 0) is 9.53 Å². The molecule has 0 spiro atoms. The molecule has 1 atom stereocenters. The van der Waals surface area contributed by atoms with E-state index >= 15 is 0 Å². The highest BCUT2D eigenvalue weighted by Crippen LogP contribution is 2.17. The van der Waals surface area contributed by atoms with E-state index < -0.39 is 17.7 Å². The summed E-state index contributed by atoms with van der Waals surface area (Å²) < 4.78 is 30.9. The lowest BCUT2D eigenvalue weighted by molar-refractivity contribution is -0.143. The molecule has 0 saturated carbocycles. The van der Waals surface area contributed by atoms with Crippen molar-refractivity contribution in [3.05, 3.63) is 35.4 Å². The first-order chi connectivity index (χ1) is 9.54. The highest BCUT2D eigenvalue weighted by Gasteiger charge is 2.13. The number of hydrogen-bond acceptors (Lipinski definition) is 4. The van der Waals surface area contributed by atoms with Gasteiger partial charge in [-0.25, -0.2) is 8.78 Å². The number of carbonyl (C=O) groups is 1. The lowest BCUT2D eigenvalue weighted by atomic mass is 10.1. The van der Waals surface area contributed by atoms with Crippen molar-refractivity contribution in [2.75, 3.05) is 19.7 Å². The van der Waals surface area contributed by atoms with Crippen molar-refractivity contribution in [1.29, 1.82) is 0 Å². The number of hydrogen-bond donors (Lipinski definition) is 2. The highest BCUT2D eigenvalue weighted by atomic mass is 19.1. The van der Waals surface area contributed by atoms with E-state index in [-0.39, 0.29) is 18.1 Å². The van der Waals surface area contributed by atoms with Crippen LogP contribution >= 0.6 is 0 Å². The molecular formula is C14H19F2NO3. The minimum atomic E-state index is -1.06. The molecule has 0 aromatic heterocycles. The first-order valence-electron chi connectivity index (χ1n) is 6.54. The average molecular weight is 287 g/mol. The maximum Gasteiger partial charge on any atom is 0.305 e. The van der Waals surface area contributed by atoms with Crippen LogP contribution in [0.4, 0.5) is 8.78 Å². The van der Waals surface area contributed by atoms with Crippen LogP contribution in [0, 0.1) is 11.6 Å². The van der Waals surface area contributed by atoms with Crippen molar-refractivity contribution in [1.82, 2.24) is 5.32 Å². The molecule has 0 aliphatic carbocycles. The van der Waals surface area contributed by atoms with Crippen LogP contribution in [0.5, 0.6) is 0 Å². The Bertz CT molecular complexity index is 440. The third kappa shape index (κ3) is 5.63. The second kappa shape index (κ2) is 8.60. The fourth-order valence-corrected chi connectivity index (χ4v) is 1.71. The molecule has 0 aliphatic rings. The molecule has 0 bridgehead atoms. The number of ether oxygens (including phenoxy) is 1. The van der Waals surface area contributed by atoms with Crippen LogP contribution < -0.4 is 5.32 Å². The van der Waals surface area contributed by atoms with Gasteiger partial charge < -0.3 is 15.2 Å². The van der Waals surface area contributed by atoms with Gasteiger partial charge in [0.2, 0.25) is 0 Å². The van der Waals surface area contributed by atoms with Crippen molar-refractivity contribution >= 4 is 5.97 Å². The van der Waals surface area contributed by atoms with E-state index in [9.17, 15) is 18.7 Å². The molecule has 1 aromatic carbocycles. The second-order valence-electron chi connectivity index (χ2n) is 4.29. The van der Waals surface area contributed by atoms with Crippen LogP contribution in [0.2, 0.25) is 0 Å². The number of nitrogens with one attached hydrogen (secondary N) is 1. The van der Waals surface area contributed by atoms with Crippen molar-refractivity contribution in [3.63, 3.8) is 0 Å². The van der Waals surface area contributed by atoms with Gasteiger partial charge in [-0.05, 0) is 26.0 Å². The van der Waals surface area contributed by atoms with Crippen LogP contribution in [0.1, 0.15) is 31.4 Å². The Morgan fingerprint density at radius 3 is 2.85 bits per heavy atom. The Morgan fingerprint density at radius 1 is 1.45 bits per heavy atom. The zero-order valence-corrected chi connectivity index (χ0v) is 11.4. The first-order valence-corrected chi connectivity index (χ1v) is 6.54. The molecule has 0 heterocycles. The van der Waals surface area contributed by atoms with E-state index in [1.54, 1.807) is 6.92 Å². The molecular weight excluding hydrogens is 268 g/mol. The average Bonchev–Trinajstić information content (AvgIpc) is 2.38. The molecule has 0 aliphatic heterocycles. The molecule has 0 amide bonds. The monoisotopic (exact) mass is 287 g/mol. The zero-order chi connectivity index (χ0) is 15.0. The predicted octanol–water partition coefficient (Wildman–Crippen LogP) is 1.93. The summed E-state index contributed by atoms with van der Waals surface area (Å²) in [5.41, 5.74) is 0.0456. The number of rotatable bonds is 8. The largest absolute Gasteiger partial charge is 0.466 e. The number of benzene rings is 1. The number of carbonyl (C=O) groups excluding carboxylic acids is 1. The van der Waals surface area contributed by atoms with Gasteiger partial charge in [-0.1, -0.05) is 6.07 Å². The Morgan fingerprint density at radius 2 is 2.20 bits per heavy atom. The second-order valence-corrected chi connectivity index (χ2v) is 4.29. The number of esters is 1. The Hall–Kier alpha value is -1.53. The zero-order valence-electron chi connectivity index (χ0n) is 11.4. The van der Waals surface area contributed by atoms with Gasteiger partial charge >= 0.3 is 5.97 Å². The first kappa shape index (κ1) is 16.5. The Kier molecular flexibility index (Phi) is 7.11. The van der Waals surface area contributed by atoms with E-state index in [2.05, 4.69) is 5.32 Å². The maximum atomic E-state index is 13.4. The fraction of sp³-hybridized carbons (Fsp3) is 0.500. The Balaban J connectivity index is 2.26. The van der Waals surface area contributed by atoms with E-state index in [1.165, 1.54) is 6.07 Å². The lowest BCUT2D eigenvalue weighted by Gasteiger charge is -2.13. The van der Waals surface area contributed by atoms with Crippen LogP contribution in [0.3, 0.4) is 0 Å². The minimum absolute atomic E-state index is 0.0456. The van der Waals surface area contributed by atoms with Crippen LogP contribution in [0.15, 0.2) is 18.2 Å². The fourth-order valence-electron chi connectivity index (χ4n) is 1.71. The molecule has 2 N–H and O–H groups in total. The van der Waals surface area contributed by atoms with Crippen molar-refractivity contribution in [3.8, 4) is 0 Å². The Labute approximate surface area is 116 Å². The van der Waals surface area contributed by atoms with Gasteiger partial charge in [0.1, 0.15) is 11.6 Å². The van der Waals surface area contributed by atoms with Crippen LogP contribution in [0.25, 0.3) is 0 Å². The standard InChI is InChI=1S/C14H19F2NO3/c1-2-20-14(19)4-3-7-17-9-13(18)11-6-5-10(15)8-12(11)16/h5-6,8,13,17-18H,2-4,7,9H2,1H3. The van der Waals surface area contributed by atoms with Gasteiger partial charge in [-0.2, -0.15) is 0 Å². The van der Waals surface area contributed by atoms with Gasteiger partial charge in [0.05, 0.1) is 12.7 Å². The third-order valence-electron chi connectivity index (χ3n) is 2.70. The van der Waals surface area contributed by atoms with Gasteiger partial charge in [0, 0.05) is 24.6 Å². The van der Waals surface area contributed by atoms with E-state index in [1.807, 2.05) is 0 Å². The molecule has 0 fully saturated rings. The summed E-state index contributed by atoms with van der Waals surface area (Å²) >= 11 is 0. The van der Waals surface area contributed by atoms with Gasteiger partial charge in [-0.3, -0.25) is 4.79 Å². The summed E-state index contributed by atoms with van der Waals surface area (Å²) in [7, 11) is 0. The van der Waals surface area contributed by atoms with Crippen molar-refractivity contribution in [2.24, 2.45) is 0 Å². The summed E-state index contributed by atoms with van der Waals surface area (Å²) in [6.45, 7) is 2.72. The molecule has 20 heavy (non-hydrogen) atoms. The SMILES string of the molecule is CCOC(=O)CCCNCC(O)c1ccc(F)cc1F. The summed E-state index contributed by atoms with van der Waals surface area (Å²) in [5.74, 6) is -1.72. The van der Waals surface area contributed by atoms with E-state index in [0.29, 0.717) is 26.0 Å². The van der Waals surface area contributed by atoms with E-state index in [0.717, 1.165) is 12.1 Å². The summed E-state index contributed by atoms with van der Waals surface area (Å²) in [5, 5.41) is 12.7. The molecule has 0 saturated heterocycles. The minimum Gasteiger partial charge on any atom is -0.466 e. The maximum absolute atomic E-state index is 13.4. The summed E-state index contributed by atoms with van der Waals surface area (Å²) in [6, 6.07) is 3.05. The molecule has 1 rings (SSSR count). The van der Waals surface area contributed by atoms with Crippen molar-refractivity contribution in [2.45, 2.75) is 25.9 Å². The topological polar surface area (TPSA) is 58.6 Å². The van der Waals surface area contributed by atoms with Gasteiger partial charge in [0.25, 0.3) is 0 Å². The quantitative estimate of drug-likeness (QED) is 0.566. The highest BCUT2D eigenvalue weighted by molar-refractivity contribution is 5.69. The molecule has 6 heteroatoms. The summed E-state index contributed by atoms with van der Waals surface area (Å²) in [6.07, 6.45) is -0.197. The third-order valence-corrected chi connectivity index (χ3v) is 2.70. The number of halogens is 2.